The van der Waals surface area contributed by atoms with Gasteiger partial charge in [0.15, 0.2) is 0 Å². The van der Waals surface area contributed by atoms with E-state index in [9.17, 15) is 4.79 Å². The van der Waals surface area contributed by atoms with Crippen LogP contribution in [0.3, 0.4) is 0 Å². The summed E-state index contributed by atoms with van der Waals surface area (Å²) < 4.78 is 11.4. The van der Waals surface area contributed by atoms with E-state index in [1.807, 2.05) is 30.9 Å². The second kappa shape index (κ2) is 7.75. The normalized spacial score (nSPS) is 24.7. The highest BCUT2D eigenvalue weighted by atomic mass is 16.5. The molecule has 0 bridgehead atoms. The lowest BCUT2D eigenvalue weighted by atomic mass is 9.90. The fourth-order valence-corrected chi connectivity index (χ4v) is 3.95. The molecule has 1 amide bonds. The number of hydrogen-bond acceptors (Lipinski definition) is 4. The number of piperidine rings is 1. The van der Waals surface area contributed by atoms with Gasteiger partial charge in [0.05, 0.1) is 25.9 Å². The lowest BCUT2D eigenvalue weighted by Gasteiger charge is -2.48. The zero-order valence-electron chi connectivity index (χ0n) is 15.7. The van der Waals surface area contributed by atoms with Crippen LogP contribution in [0, 0.1) is 5.92 Å². The van der Waals surface area contributed by atoms with Crippen molar-refractivity contribution in [2.75, 3.05) is 39.9 Å². The van der Waals surface area contributed by atoms with Crippen LogP contribution >= 0.6 is 0 Å². The molecule has 2 aliphatic rings. The van der Waals surface area contributed by atoms with Crippen molar-refractivity contribution in [3.63, 3.8) is 0 Å². The minimum atomic E-state index is -0.201. The highest BCUT2D eigenvalue weighted by Gasteiger charge is 2.41. The monoisotopic (exact) mass is 346 g/mol. The van der Waals surface area contributed by atoms with Crippen molar-refractivity contribution in [1.29, 1.82) is 0 Å². The molecule has 1 spiro atoms. The highest BCUT2D eigenvalue weighted by molar-refractivity contribution is 5.78. The van der Waals surface area contributed by atoms with Crippen molar-refractivity contribution in [2.45, 2.75) is 38.8 Å². The van der Waals surface area contributed by atoms with Crippen LogP contribution in [0.2, 0.25) is 0 Å². The number of carbonyl (C=O) groups excluding carboxylic acids is 1. The third-order valence-corrected chi connectivity index (χ3v) is 5.24. The van der Waals surface area contributed by atoms with Crippen molar-refractivity contribution in [1.82, 2.24) is 9.80 Å². The average molecular weight is 346 g/mol. The van der Waals surface area contributed by atoms with E-state index in [-0.39, 0.29) is 17.4 Å². The summed E-state index contributed by atoms with van der Waals surface area (Å²) in [6.07, 6.45) is 2.06. The fraction of sp³-hybridized carbons (Fsp3) is 0.650. The Morgan fingerprint density at radius 1 is 1.24 bits per heavy atom. The van der Waals surface area contributed by atoms with Crippen molar-refractivity contribution >= 4 is 5.91 Å². The van der Waals surface area contributed by atoms with E-state index in [2.05, 4.69) is 17.0 Å². The van der Waals surface area contributed by atoms with Gasteiger partial charge in [-0.25, -0.2) is 0 Å². The first-order valence-corrected chi connectivity index (χ1v) is 9.29. The quantitative estimate of drug-likeness (QED) is 0.840. The Balaban J connectivity index is 1.64. The average Bonchev–Trinajstić information content (AvgIpc) is 2.62. The van der Waals surface area contributed by atoms with Gasteiger partial charge in [0.2, 0.25) is 5.91 Å². The summed E-state index contributed by atoms with van der Waals surface area (Å²) in [4.78, 5) is 16.9. The van der Waals surface area contributed by atoms with Gasteiger partial charge in [-0.15, -0.1) is 0 Å². The SMILES string of the molecule is COc1ccc(CN2CCO[C@@]3(CCCN(C(=O)C(C)C)C3)C2)cc1. The Morgan fingerprint density at radius 2 is 2.00 bits per heavy atom. The van der Waals surface area contributed by atoms with Gasteiger partial charge in [0, 0.05) is 32.1 Å². The molecule has 2 fully saturated rings. The molecule has 2 aliphatic heterocycles. The smallest absolute Gasteiger partial charge is 0.225 e. The van der Waals surface area contributed by atoms with Crippen LogP contribution in [-0.2, 0) is 16.1 Å². The van der Waals surface area contributed by atoms with Crippen LogP contribution in [0.15, 0.2) is 24.3 Å². The van der Waals surface area contributed by atoms with Crippen molar-refractivity contribution in [2.24, 2.45) is 5.92 Å². The number of hydrogen-bond donors (Lipinski definition) is 0. The van der Waals surface area contributed by atoms with E-state index in [1.54, 1.807) is 7.11 Å². The molecule has 5 nitrogen and oxygen atoms in total. The van der Waals surface area contributed by atoms with Crippen molar-refractivity contribution in [3.8, 4) is 5.75 Å². The predicted octanol–water partition coefficient (Wildman–Crippen LogP) is 2.54. The number of methoxy groups -OCH3 is 1. The molecule has 0 radical (unpaired) electrons. The van der Waals surface area contributed by atoms with Crippen LogP contribution in [0.25, 0.3) is 0 Å². The summed E-state index contributed by atoms with van der Waals surface area (Å²) in [6.45, 7) is 9.01. The molecule has 0 saturated carbocycles. The van der Waals surface area contributed by atoms with E-state index < -0.39 is 0 Å². The zero-order chi connectivity index (χ0) is 17.9. The second-order valence-electron chi connectivity index (χ2n) is 7.61. The molecular formula is C20H30N2O3. The maximum atomic E-state index is 12.4. The molecule has 25 heavy (non-hydrogen) atoms. The summed E-state index contributed by atoms with van der Waals surface area (Å²) in [5.41, 5.74) is 1.08. The zero-order valence-corrected chi connectivity index (χ0v) is 15.7. The first-order chi connectivity index (χ1) is 12.0. The van der Waals surface area contributed by atoms with Gasteiger partial charge in [0.25, 0.3) is 0 Å². The Bertz CT molecular complexity index is 583. The summed E-state index contributed by atoms with van der Waals surface area (Å²) >= 11 is 0. The summed E-state index contributed by atoms with van der Waals surface area (Å²) in [5.74, 6) is 1.18. The molecule has 3 rings (SSSR count). The first kappa shape index (κ1) is 18.2. The number of morpholine rings is 1. The van der Waals surface area contributed by atoms with E-state index in [1.165, 1.54) is 5.56 Å². The van der Waals surface area contributed by atoms with Crippen LogP contribution < -0.4 is 4.74 Å². The number of benzene rings is 1. The predicted molar refractivity (Wildman–Crippen MR) is 97.6 cm³/mol. The molecule has 0 N–H and O–H groups in total. The maximum Gasteiger partial charge on any atom is 0.225 e. The van der Waals surface area contributed by atoms with Crippen LogP contribution in [0.1, 0.15) is 32.3 Å². The van der Waals surface area contributed by atoms with E-state index in [0.29, 0.717) is 0 Å². The van der Waals surface area contributed by atoms with Crippen molar-refractivity contribution < 1.29 is 14.3 Å². The van der Waals surface area contributed by atoms with Crippen LogP contribution in [-0.4, -0.2) is 61.2 Å². The molecule has 138 valence electrons. The van der Waals surface area contributed by atoms with Gasteiger partial charge in [-0.05, 0) is 30.5 Å². The summed E-state index contributed by atoms with van der Waals surface area (Å²) in [7, 11) is 1.69. The van der Waals surface area contributed by atoms with Gasteiger partial charge in [0.1, 0.15) is 5.75 Å². The Morgan fingerprint density at radius 3 is 2.68 bits per heavy atom. The lowest BCUT2D eigenvalue weighted by Crippen LogP contribution is -2.60. The number of likely N-dealkylation sites (tertiary alicyclic amines) is 1. The molecule has 0 unspecified atom stereocenters. The Hall–Kier alpha value is -1.59. The van der Waals surface area contributed by atoms with E-state index in [0.717, 1.165) is 57.9 Å². The minimum Gasteiger partial charge on any atom is -0.497 e. The highest BCUT2D eigenvalue weighted by Crippen LogP contribution is 2.30. The third-order valence-electron chi connectivity index (χ3n) is 5.24. The lowest BCUT2D eigenvalue weighted by molar-refractivity contribution is -0.160. The van der Waals surface area contributed by atoms with Gasteiger partial charge < -0.3 is 14.4 Å². The largest absolute Gasteiger partial charge is 0.497 e. The van der Waals surface area contributed by atoms with E-state index in [4.69, 9.17) is 9.47 Å². The summed E-state index contributed by atoms with van der Waals surface area (Å²) in [6, 6.07) is 8.26. The van der Waals surface area contributed by atoms with Gasteiger partial charge in [-0.3, -0.25) is 9.69 Å². The topological polar surface area (TPSA) is 42.0 Å². The standard InChI is InChI=1S/C20H30N2O3/c1-16(2)19(23)22-10-4-9-20(15-22)14-21(11-12-25-20)13-17-5-7-18(24-3)8-6-17/h5-8,16H,4,9-15H2,1-3H3/t20-/m0/s1. The Labute approximate surface area is 150 Å². The molecule has 2 heterocycles. The van der Waals surface area contributed by atoms with Gasteiger partial charge in [-0.2, -0.15) is 0 Å². The summed E-state index contributed by atoms with van der Waals surface area (Å²) in [5, 5.41) is 0. The number of amides is 1. The fourth-order valence-electron chi connectivity index (χ4n) is 3.95. The molecular weight excluding hydrogens is 316 g/mol. The van der Waals surface area contributed by atoms with Crippen LogP contribution in [0.4, 0.5) is 0 Å². The molecule has 1 atom stereocenters. The number of nitrogens with zero attached hydrogens (tertiary/aromatic N) is 2. The minimum absolute atomic E-state index is 0.0501. The number of rotatable bonds is 4. The molecule has 2 saturated heterocycles. The van der Waals surface area contributed by atoms with Gasteiger partial charge >= 0.3 is 0 Å². The molecule has 1 aromatic carbocycles. The van der Waals surface area contributed by atoms with Crippen molar-refractivity contribution in [3.05, 3.63) is 29.8 Å². The Kier molecular flexibility index (Phi) is 5.64. The maximum absolute atomic E-state index is 12.4. The second-order valence-corrected chi connectivity index (χ2v) is 7.61. The third kappa shape index (κ3) is 4.33. The molecule has 1 aromatic rings. The first-order valence-electron chi connectivity index (χ1n) is 9.29. The van der Waals surface area contributed by atoms with Crippen LogP contribution in [0.5, 0.6) is 5.75 Å². The number of carbonyl (C=O) groups is 1. The number of ether oxygens (including phenoxy) is 2. The molecule has 0 aromatic heterocycles. The van der Waals surface area contributed by atoms with E-state index >= 15 is 0 Å². The molecule has 0 aliphatic carbocycles. The van der Waals surface area contributed by atoms with Gasteiger partial charge in [-0.1, -0.05) is 26.0 Å². The molecule has 5 heteroatoms.